The van der Waals surface area contributed by atoms with Gasteiger partial charge in [0.2, 0.25) is 0 Å². The molecule has 0 aromatic heterocycles. The molecule has 26 heavy (non-hydrogen) atoms. The molecule has 2 rings (SSSR count). The quantitative estimate of drug-likeness (QED) is 0.599. The van der Waals surface area contributed by atoms with Crippen LogP contribution in [0.3, 0.4) is 0 Å². The molecule has 0 aliphatic rings. The van der Waals surface area contributed by atoms with Crippen LogP contribution in [-0.4, -0.2) is 37.0 Å². The SMILES string of the molecule is COc1cccc(CCCNC(C)C(O)c2ccc(O)c(C)c2)c1OC. The highest BCUT2D eigenvalue weighted by Crippen LogP contribution is 2.31. The summed E-state index contributed by atoms with van der Waals surface area (Å²) < 4.78 is 10.8. The van der Waals surface area contributed by atoms with Crippen LogP contribution in [0.15, 0.2) is 36.4 Å². The lowest BCUT2D eigenvalue weighted by molar-refractivity contribution is 0.136. The molecular formula is C21H29NO4. The predicted octanol–water partition coefficient (Wildman–Crippen LogP) is 3.36. The van der Waals surface area contributed by atoms with Crippen LogP contribution in [-0.2, 0) is 6.42 Å². The number of aromatic hydroxyl groups is 1. The van der Waals surface area contributed by atoms with Crippen molar-refractivity contribution < 1.29 is 19.7 Å². The Labute approximate surface area is 155 Å². The summed E-state index contributed by atoms with van der Waals surface area (Å²) in [6.45, 7) is 4.56. The fourth-order valence-electron chi connectivity index (χ4n) is 3.02. The van der Waals surface area contributed by atoms with E-state index in [1.807, 2.05) is 38.1 Å². The molecule has 3 N–H and O–H groups in total. The number of methoxy groups -OCH3 is 2. The molecule has 0 bridgehead atoms. The summed E-state index contributed by atoms with van der Waals surface area (Å²) in [5.74, 6) is 1.76. The molecule has 0 heterocycles. The third-order valence-corrected chi connectivity index (χ3v) is 4.61. The van der Waals surface area contributed by atoms with Crippen LogP contribution in [0.5, 0.6) is 17.2 Å². The average Bonchev–Trinajstić information content (AvgIpc) is 2.66. The smallest absolute Gasteiger partial charge is 0.163 e. The molecule has 142 valence electrons. The van der Waals surface area contributed by atoms with Crippen molar-refractivity contribution in [3.63, 3.8) is 0 Å². The van der Waals surface area contributed by atoms with Crippen molar-refractivity contribution in [3.05, 3.63) is 53.1 Å². The van der Waals surface area contributed by atoms with Crippen LogP contribution in [0.25, 0.3) is 0 Å². The summed E-state index contributed by atoms with van der Waals surface area (Å²) in [5.41, 5.74) is 2.67. The molecular weight excluding hydrogens is 330 g/mol. The van der Waals surface area contributed by atoms with Gasteiger partial charge in [-0.1, -0.05) is 18.2 Å². The van der Waals surface area contributed by atoms with Crippen LogP contribution in [0.2, 0.25) is 0 Å². The molecule has 0 aliphatic carbocycles. The molecule has 0 aliphatic heterocycles. The van der Waals surface area contributed by atoms with Crippen LogP contribution in [0.4, 0.5) is 0 Å². The van der Waals surface area contributed by atoms with Gasteiger partial charge in [0.05, 0.1) is 20.3 Å². The van der Waals surface area contributed by atoms with Gasteiger partial charge in [0.15, 0.2) is 11.5 Å². The number of aliphatic hydroxyl groups excluding tert-OH is 1. The van der Waals surface area contributed by atoms with E-state index in [0.29, 0.717) is 0 Å². The monoisotopic (exact) mass is 359 g/mol. The molecule has 0 saturated heterocycles. The first-order valence-corrected chi connectivity index (χ1v) is 8.88. The van der Waals surface area contributed by atoms with E-state index >= 15 is 0 Å². The Kier molecular flexibility index (Phi) is 7.30. The highest BCUT2D eigenvalue weighted by Gasteiger charge is 2.16. The van der Waals surface area contributed by atoms with Crippen molar-refractivity contribution in [2.75, 3.05) is 20.8 Å². The molecule has 0 spiro atoms. The third-order valence-electron chi connectivity index (χ3n) is 4.61. The van der Waals surface area contributed by atoms with Crippen LogP contribution >= 0.6 is 0 Å². The first-order valence-electron chi connectivity index (χ1n) is 8.88. The van der Waals surface area contributed by atoms with Crippen molar-refractivity contribution in [1.82, 2.24) is 5.32 Å². The largest absolute Gasteiger partial charge is 0.508 e. The van der Waals surface area contributed by atoms with E-state index < -0.39 is 6.10 Å². The predicted molar refractivity (Wildman–Crippen MR) is 103 cm³/mol. The van der Waals surface area contributed by atoms with Crippen LogP contribution in [0, 0.1) is 6.92 Å². The van der Waals surface area contributed by atoms with Gasteiger partial charge in [0.25, 0.3) is 0 Å². The minimum absolute atomic E-state index is 0.0915. The van der Waals surface area contributed by atoms with Gasteiger partial charge in [0.1, 0.15) is 5.75 Å². The van der Waals surface area contributed by atoms with Gasteiger partial charge in [0, 0.05) is 6.04 Å². The molecule has 0 radical (unpaired) electrons. The standard InChI is InChI=1S/C21H29NO4/c1-14-13-17(10-11-18(14)23)20(24)15(2)22-12-6-8-16-7-5-9-19(25-3)21(16)26-4/h5,7,9-11,13,15,20,22-24H,6,8,12H2,1-4H3. The fraction of sp³-hybridized carbons (Fsp3) is 0.429. The Morgan fingerprint density at radius 1 is 1.12 bits per heavy atom. The van der Waals surface area contributed by atoms with Crippen molar-refractivity contribution >= 4 is 0 Å². The summed E-state index contributed by atoms with van der Waals surface area (Å²) in [6, 6.07) is 11.0. The first-order chi connectivity index (χ1) is 12.5. The molecule has 2 aromatic carbocycles. The Morgan fingerprint density at radius 2 is 1.88 bits per heavy atom. The lowest BCUT2D eigenvalue weighted by atomic mass is 10.0. The van der Waals surface area contributed by atoms with Gasteiger partial charge in [-0.3, -0.25) is 0 Å². The number of aliphatic hydroxyl groups is 1. The van der Waals surface area contributed by atoms with Crippen LogP contribution in [0.1, 0.15) is 36.1 Å². The molecule has 0 amide bonds. The Morgan fingerprint density at radius 3 is 2.54 bits per heavy atom. The summed E-state index contributed by atoms with van der Waals surface area (Å²) >= 11 is 0. The van der Waals surface area contributed by atoms with Gasteiger partial charge in [-0.2, -0.15) is 0 Å². The second kappa shape index (κ2) is 9.46. The van der Waals surface area contributed by atoms with Crippen molar-refractivity contribution in [3.8, 4) is 17.2 Å². The summed E-state index contributed by atoms with van der Waals surface area (Å²) in [7, 11) is 3.29. The van der Waals surface area contributed by atoms with E-state index in [0.717, 1.165) is 47.6 Å². The van der Waals surface area contributed by atoms with E-state index in [2.05, 4.69) is 5.32 Å². The molecule has 2 unspecified atom stereocenters. The van der Waals surface area contributed by atoms with E-state index in [9.17, 15) is 10.2 Å². The zero-order valence-electron chi connectivity index (χ0n) is 16.0. The number of phenols is 1. The van der Waals surface area contributed by atoms with Gasteiger partial charge in [-0.05, 0) is 68.1 Å². The van der Waals surface area contributed by atoms with Crippen molar-refractivity contribution in [2.24, 2.45) is 0 Å². The van der Waals surface area contributed by atoms with Gasteiger partial charge < -0.3 is 25.0 Å². The summed E-state index contributed by atoms with van der Waals surface area (Å²) in [4.78, 5) is 0. The topological polar surface area (TPSA) is 71.0 Å². The number of rotatable bonds is 9. The highest BCUT2D eigenvalue weighted by molar-refractivity contribution is 5.46. The summed E-state index contributed by atoms with van der Waals surface area (Å²) in [5, 5.41) is 23.5. The molecule has 5 heteroatoms. The van der Waals surface area contributed by atoms with E-state index in [1.165, 1.54) is 0 Å². The fourth-order valence-corrected chi connectivity index (χ4v) is 3.02. The second-order valence-corrected chi connectivity index (χ2v) is 6.49. The molecule has 0 saturated carbocycles. The molecule has 5 nitrogen and oxygen atoms in total. The van der Waals surface area contributed by atoms with Crippen molar-refractivity contribution in [1.29, 1.82) is 0 Å². The zero-order valence-corrected chi connectivity index (χ0v) is 16.0. The number of phenolic OH excluding ortho intramolecular Hbond substituents is 1. The van der Waals surface area contributed by atoms with E-state index in [1.54, 1.807) is 26.4 Å². The number of aryl methyl sites for hydroxylation is 2. The minimum Gasteiger partial charge on any atom is -0.508 e. The maximum atomic E-state index is 10.5. The van der Waals surface area contributed by atoms with E-state index in [-0.39, 0.29) is 11.8 Å². The lowest BCUT2D eigenvalue weighted by Crippen LogP contribution is -2.33. The lowest BCUT2D eigenvalue weighted by Gasteiger charge is -2.21. The molecule has 2 aromatic rings. The second-order valence-electron chi connectivity index (χ2n) is 6.49. The number of para-hydroxylation sites is 1. The van der Waals surface area contributed by atoms with Crippen LogP contribution < -0.4 is 14.8 Å². The normalized spacial score (nSPS) is 13.3. The van der Waals surface area contributed by atoms with Gasteiger partial charge >= 0.3 is 0 Å². The summed E-state index contributed by atoms with van der Waals surface area (Å²) in [6.07, 6.45) is 1.14. The first kappa shape index (κ1) is 20.1. The third kappa shape index (κ3) is 4.90. The number of ether oxygens (including phenoxy) is 2. The highest BCUT2D eigenvalue weighted by atomic mass is 16.5. The average molecular weight is 359 g/mol. The zero-order chi connectivity index (χ0) is 19.1. The number of hydrogen-bond acceptors (Lipinski definition) is 5. The Bertz CT molecular complexity index is 717. The number of hydrogen-bond donors (Lipinski definition) is 3. The van der Waals surface area contributed by atoms with E-state index in [4.69, 9.17) is 9.47 Å². The maximum absolute atomic E-state index is 10.5. The minimum atomic E-state index is -0.624. The van der Waals surface area contributed by atoms with Crippen molar-refractivity contribution in [2.45, 2.75) is 38.8 Å². The number of nitrogens with one attached hydrogen (secondary N) is 1. The Hall–Kier alpha value is -2.24. The molecule has 2 atom stereocenters. The van der Waals surface area contributed by atoms with Gasteiger partial charge in [-0.15, -0.1) is 0 Å². The Balaban J connectivity index is 1.86. The van der Waals surface area contributed by atoms with Gasteiger partial charge in [-0.25, -0.2) is 0 Å². The molecule has 0 fully saturated rings. The maximum Gasteiger partial charge on any atom is 0.163 e. The number of benzene rings is 2.